The quantitative estimate of drug-likeness (QED) is 0.612. The normalized spacial score (nSPS) is 21.9. The van der Waals surface area contributed by atoms with Crippen molar-refractivity contribution in [3.05, 3.63) is 0 Å². The van der Waals surface area contributed by atoms with Crippen molar-refractivity contribution in [2.75, 3.05) is 6.61 Å². The summed E-state index contributed by atoms with van der Waals surface area (Å²) in [5.41, 5.74) is -0.400. The van der Waals surface area contributed by atoms with Crippen LogP contribution in [0, 0.1) is 5.41 Å². The molecule has 0 N–H and O–H groups in total. The van der Waals surface area contributed by atoms with Crippen LogP contribution in [0.2, 0.25) is 0 Å². The van der Waals surface area contributed by atoms with Gasteiger partial charge in [-0.1, -0.05) is 0 Å². The number of carbonyl (C=O) groups is 1. The Balaban J connectivity index is 2.26. The Morgan fingerprint density at radius 1 is 1.62 bits per heavy atom. The number of esters is 1. The van der Waals surface area contributed by atoms with Crippen LogP contribution < -0.4 is 0 Å². The Kier molecular flexibility index (Phi) is 3.07. The molecule has 1 aliphatic heterocycles. The van der Waals surface area contributed by atoms with Crippen LogP contribution in [-0.2, 0) is 9.53 Å². The third-order valence-corrected chi connectivity index (χ3v) is 1.96. The van der Waals surface area contributed by atoms with E-state index in [0.29, 0.717) is 6.61 Å². The maximum absolute atomic E-state index is 11.3. The van der Waals surface area contributed by atoms with Crippen molar-refractivity contribution in [2.45, 2.75) is 39.7 Å². The Labute approximate surface area is 79.2 Å². The van der Waals surface area contributed by atoms with Gasteiger partial charge in [-0.05, 0) is 39.8 Å². The molecule has 0 saturated heterocycles. The van der Waals surface area contributed by atoms with Crippen molar-refractivity contribution in [3.8, 4) is 0 Å². The van der Waals surface area contributed by atoms with Crippen LogP contribution >= 0.6 is 0 Å². The summed E-state index contributed by atoms with van der Waals surface area (Å²) in [6.07, 6.45) is 3.92. The number of aliphatic imine (C=N–C) groups is 1. The molecule has 0 aromatic rings. The fourth-order valence-corrected chi connectivity index (χ4v) is 1.08. The third-order valence-electron chi connectivity index (χ3n) is 1.96. The summed E-state index contributed by atoms with van der Waals surface area (Å²) < 4.78 is 5.14. The molecule has 0 bridgehead atoms. The van der Waals surface area contributed by atoms with Gasteiger partial charge in [-0.3, -0.25) is 9.79 Å². The van der Waals surface area contributed by atoms with Crippen LogP contribution in [-0.4, -0.2) is 24.8 Å². The van der Waals surface area contributed by atoms with Gasteiger partial charge in [-0.2, -0.15) is 0 Å². The molecule has 0 spiro atoms. The Bertz CT molecular complexity index is 215. The summed E-state index contributed by atoms with van der Waals surface area (Å²) in [6, 6.07) is 0.200. The minimum Gasteiger partial charge on any atom is -0.463 e. The average molecular weight is 183 g/mol. The summed E-state index contributed by atoms with van der Waals surface area (Å²) in [5, 5.41) is 0. The molecule has 0 aliphatic carbocycles. The number of carbonyl (C=O) groups excluding carboxylic acids is 1. The van der Waals surface area contributed by atoms with E-state index in [2.05, 4.69) is 4.99 Å². The van der Waals surface area contributed by atoms with E-state index in [0.717, 1.165) is 12.8 Å². The third kappa shape index (κ3) is 3.17. The first kappa shape index (κ1) is 10.2. The van der Waals surface area contributed by atoms with Crippen LogP contribution in [0.1, 0.15) is 33.6 Å². The number of rotatable bonds is 2. The van der Waals surface area contributed by atoms with Gasteiger partial charge in [-0.25, -0.2) is 0 Å². The maximum atomic E-state index is 11.3. The molecule has 74 valence electrons. The second-order valence-electron chi connectivity index (χ2n) is 4.41. The molecule has 1 aliphatic rings. The highest BCUT2D eigenvalue weighted by molar-refractivity contribution is 5.75. The second-order valence-corrected chi connectivity index (χ2v) is 4.41. The van der Waals surface area contributed by atoms with Crippen molar-refractivity contribution in [2.24, 2.45) is 10.4 Å². The molecule has 0 radical (unpaired) electrons. The summed E-state index contributed by atoms with van der Waals surface area (Å²) in [7, 11) is 0. The molecule has 0 aromatic heterocycles. The van der Waals surface area contributed by atoms with Crippen LogP contribution in [0.5, 0.6) is 0 Å². The lowest BCUT2D eigenvalue weighted by Gasteiger charge is -2.17. The highest BCUT2D eigenvalue weighted by atomic mass is 16.5. The number of nitrogens with zero attached hydrogens (tertiary/aromatic N) is 1. The standard InChI is InChI=1S/C10H17NO2/c1-10(2,3)9(12)13-7-8-5-4-6-11-8/h6,8H,4-5,7H2,1-3H3/t8-/m0/s1. The second kappa shape index (κ2) is 3.90. The Morgan fingerprint density at radius 3 is 2.77 bits per heavy atom. The molecule has 1 heterocycles. The van der Waals surface area contributed by atoms with Crippen molar-refractivity contribution in [1.82, 2.24) is 0 Å². The lowest BCUT2D eigenvalue weighted by Crippen LogP contribution is -2.26. The van der Waals surface area contributed by atoms with Crippen LogP contribution in [0.4, 0.5) is 0 Å². The van der Waals surface area contributed by atoms with Gasteiger partial charge < -0.3 is 4.74 Å². The van der Waals surface area contributed by atoms with E-state index in [4.69, 9.17) is 4.74 Å². The predicted octanol–water partition coefficient (Wildman–Crippen LogP) is 1.81. The van der Waals surface area contributed by atoms with E-state index < -0.39 is 5.41 Å². The molecule has 0 amide bonds. The Hall–Kier alpha value is -0.860. The number of hydrogen-bond acceptors (Lipinski definition) is 3. The van der Waals surface area contributed by atoms with Gasteiger partial charge >= 0.3 is 5.97 Å². The number of hydrogen-bond donors (Lipinski definition) is 0. The largest absolute Gasteiger partial charge is 0.463 e. The highest BCUT2D eigenvalue weighted by Gasteiger charge is 2.24. The topological polar surface area (TPSA) is 38.7 Å². The first-order valence-electron chi connectivity index (χ1n) is 4.69. The van der Waals surface area contributed by atoms with Crippen LogP contribution in [0.3, 0.4) is 0 Å². The van der Waals surface area contributed by atoms with E-state index in [1.54, 1.807) is 0 Å². The lowest BCUT2D eigenvalue weighted by molar-refractivity contribution is -0.153. The molecule has 3 nitrogen and oxygen atoms in total. The molecule has 0 aromatic carbocycles. The van der Waals surface area contributed by atoms with E-state index in [-0.39, 0.29) is 12.0 Å². The first-order chi connectivity index (χ1) is 6.00. The molecule has 1 atom stereocenters. The molecule has 0 unspecified atom stereocenters. The minimum atomic E-state index is -0.400. The Morgan fingerprint density at radius 2 is 2.31 bits per heavy atom. The summed E-state index contributed by atoms with van der Waals surface area (Å²) in [5.74, 6) is -0.144. The van der Waals surface area contributed by atoms with E-state index in [1.165, 1.54) is 0 Å². The highest BCUT2D eigenvalue weighted by Crippen LogP contribution is 2.16. The van der Waals surface area contributed by atoms with Gasteiger partial charge in [0.2, 0.25) is 0 Å². The zero-order chi connectivity index (χ0) is 9.90. The molecule has 0 fully saturated rings. The fourth-order valence-electron chi connectivity index (χ4n) is 1.08. The SMILES string of the molecule is CC(C)(C)C(=O)OC[C@@H]1CCC=N1. The molecule has 3 heteroatoms. The zero-order valence-corrected chi connectivity index (χ0v) is 8.54. The van der Waals surface area contributed by atoms with E-state index in [9.17, 15) is 4.79 Å². The van der Waals surface area contributed by atoms with Crippen molar-refractivity contribution >= 4 is 12.2 Å². The van der Waals surface area contributed by atoms with Crippen LogP contribution in [0.15, 0.2) is 4.99 Å². The minimum absolute atomic E-state index is 0.144. The van der Waals surface area contributed by atoms with E-state index in [1.807, 2.05) is 27.0 Å². The van der Waals surface area contributed by atoms with Gasteiger partial charge in [-0.15, -0.1) is 0 Å². The average Bonchev–Trinajstić information content (AvgIpc) is 2.50. The first-order valence-corrected chi connectivity index (χ1v) is 4.69. The van der Waals surface area contributed by atoms with Gasteiger partial charge in [0.25, 0.3) is 0 Å². The molecule has 13 heavy (non-hydrogen) atoms. The lowest BCUT2D eigenvalue weighted by atomic mass is 9.97. The monoisotopic (exact) mass is 183 g/mol. The van der Waals surface area contributed by atoms with Gasteiger partial charge in [0.15, 0.2) is 0 Å². The van der Waals surface area contributed by atoms with Crippen molar-refractivity contribution in [1.29, 1.82) is 0 Å². The maximum Gasteiger partial charge on any atom is 0.311 e. The molecular weight excluding hydrogens is 166 g/mol. The summed E-state index contributed by atoms with van der Waals surface area (Å²) in [6.45, 7) is 6.00. The summed E-state index contributed by atoms with van der Waals surface area (Å²) in [4.78, 5) is 15.5. The molecule has 0 saturated carbocycles. The van der Waals surface area contributed by atoms with Crippen LogP contribution in [0.25, 0.3) is 0 Å². The van der Waals surface area contributed by atoms with Crippen molar-refractivity contribution < 1.29 is 9.53 Å². The summed E-state index contributed by atoms with van der Waals surface area (Å²) >= 11 is 0. The van der Waals surface area contributed by atoms with Gasteiger partial charge in [0, 0.05) is 0 Å². The van der Waals surface area contributed by atoms with E-state index >= 15 is 0 Å². The molecule has 1 rings (SSSR count). The van der Waals surface area contributed by atoms with Crippen molar-refractivity contribution in [3.63, 3.8) is 0 Å². The molecular formula is C10H17NO2. The smallest absolute Gasteiger partial charge is 0.311 e. The number of ether oxygens (including phenoxy) is 1. The fraction of sp³-hybridized carbons (Fsp3) is 0.800. The predicted molar refractivity (Wildman–Crippen MR) is 51.9 cm³/mol. The zero-order valence-electron chi connectivity index (χ0n) is 8.54. The van der Waals surface area contributed by atoms with Gasteiger partial charge in [0.1, 0.15) is 6.61 Å². The van der Waals surface area contributed by atoms with Gasteiger partial charge in [0.05, 0.1) is 11.5 Å².